The highest BCUT2D eigenvalue weighted by Gasteiger charge is 2.01. The lowest BCUT2D eigenvalue weighted by atomic mass is 10.5. The van der Waals surface area contributed by atoms with Crippen molar-refractivity contribution < 1.29 is 9.59 Å². The van der Waals surface area contributed by atoms with Gasteiger partial charge in [-0.3, -0.25) is 9.59 Å². The predicted molar refractivity (Wildman–Crippen MR) is 41.5 cm³/mol. The van der Waals surface area contributed by atoms with E-state index in [4.69, 9.17) is 11.5 Å². The Hall–Kier alpha value is -1.98. The second-order valence-electron chi connectivity index (χ2n) is 1.82. The van der Waals surface area contributed by atoms with Crippen molar-refractivity contribution in [2.75, 3.05) is 0 Å². The van der Waals surface area contributed by atoms with Crippen LogP contribution in [0.4, 0.5) is 0 Å². The molecular formula is C6H8N4O2. The van der Waals surface area contributed by atoms with Gasteiger partial charge >= 0.3 is 0 Å². The summed E-state index contributed by atoms with van der Waals surface area (Å²) in [6.07, 6.45) is 0. The third-order valence-corrected chi connectivity index (χ3v) is 0.860. The van der Waals surface area contributed by atoms with E-state index in [1.165, 1.54) is 0 Å². The normalized spacial score (nSPS) is 9.67. The van der Waals surface area contributed by atoms with Crippen LogP contribution < -0.4 is 11.5 Å². The number of hydrogen-bond donors (Lipinski definition) is 2. The minimum atomic E-state index is -0.823. The molecule has 0 bridgehead atoms. The monoisotopic (exact) mass is 168 g/mol. The zero-order chi connectivity index (χ0) is 9.72. The molecule has 0 aromatic carbocycles. The maximum atomic E-state index is 10.3. The van der Waals surface area contributed by atoms with E-state index in [0.717, 1.165) is 0 Å². The number of carbonyl (C=O) groups is 2. The molecule has 64 valence electrons. The number of nitrogens with two attached hydrogens (primary N) is 2. The summed E-state index contributed by atoms with van der Waals surface area (Å²) in [7, 11) is 0. The molecule has 4 N–H and O–H groups in total. The molecule has 0 heterocycles. The molecule has 0 spiro atoms. The lowest BCUT2D eigenvalue weighted by molar-refractivity contribution is -0.115. The van der Waals surface area contributed by atoms with Crippen LogP contribution in [0, 0.1) is 0 Å². The standard InChI is InChI=1S/C6H8N4O2/c1-3(5(7)11)9-10-4(2)6(8)12/h1-2H2,(H2,7,11)(H2,8,12). The summed E-state index contributed by atoms with van der Waals surface area (Å²) in [5, 5.41) is 6.40. The summed E-state index contributed by atoms with van der Waals surface area (Å²) in [5.74, 6) is -1.65. The topological polar surface area (TPSA) is 111 Å². The summed E-state index contributed by atoms with van der Waals surface area (Å²) in [5.41, 5.74) is 8.99. The summed E-state index contributed by atoms with van der Waals surface area (Å²) in [6.45, 7) is 6.31. The van der Waals surface area contributed by atoms with Crippen LogP contribution in [0.2, 0.25) is 0 Å². The Labute approximate surface area is 68.6 Å². The molecule has 0 aliphatic carbocycles. The highest BCUT2D eigenvalue weighted by Crippen LogP contribution is 1.97. The Balaban J connectivity index is 4.26. The van der Waals surface area contributed by atoms with Gasteiger partial charge in [0.25, 0.3) is 11.8 Å². The average molecular weight is 168 g/mol. The van der Waals surface area contributed by atoms with E-state index in [2.05, 4.69) is 23.4 Å². The maximum Gasteiger partial charge on any atom is 0.268 e. The first kappa shape index (κ1) is 10.0. The Morgan fingerprint density at radius 2 is 1.17 bits per heavy atom. The largest absolute Gasteiger partial charge is 0.364 e. The number of nitrogens with zero attached hydrogens (tertiary/aromatic N) is 2. The van der Waals surface area contributed by atoms with E-state index in [9.17, 15) is 9.59 Å². The van der Waals surface area contributed by atoms with Gasteiger partial charge in [0.05, 0.1) is 0 Å². The Morgan fingerprint density at radius 1 is 0.917 bits per heavy atom. The van der Waals surface area contributed by atoms with Crippen LogP contribution in [0.1, 0.15) is 0 Å². The minimum absolute atomic E-state index is 0.266. The van der Waals surface area contributed by atoms with Crippen molar-refractivity contribution in [2.24, 2.45) is 21.7 Å². The van der Waals surface area contributed by atoms with Gasteiger partial charge in [-0.25, -0.2) is 0 Å². The highest BCUT2D eigenvalue weighted by atomic mass is 16.1. The van der Waals surface area contributed by atoms with Gasteiger partial charge in [-0.1, -0.05) is 13.2 Å². The minimum Gasteiger partial charge on any atom is -0.364 e. The molecule has 0 aromatic heterocycles. The molecule has 0 aliphatic heterocycles. The maximum absolute atomic E-state index is 10.3. The van der Waals surface area contributed by atoms with Crippen LogP contribution in [0.3, 0.4) is 0 Å². The zero-order valence-corrected chi connectivity index (χ0v) is 6.28. The molecule has 0 unspecified atom stereocenters. The van der Waals surface area contributed by atoms with Gasteiger partial charge in [-0.2, -0.15) is 0 Å². The Morgan fingerprint density at radius 3 is 1.33 bits per heavy atom. The fourth-order valence-corrected chi connectivity index (χ4v) is 0.219. The molecule has 0 saturated heterocycles. The first-order valence-corrected chi connectivity index (χ1v) is 2.84. The van der Waals surface area contributed by atoms with Gasteiger partial charge in [0, 0.05) is 0 Å². The van der Waals surface area contributed by atoms with Gasteiger partial charge < -0.3 is 11.5 Å². The molecular weight excluding hydrogens is 160 g/mol. The van der Waals surface area contributed by atoms with Crippen LogP contribution in [-0.2, 0) is 9.59 Å². The van der Waals surface area contributed by atoms with Crippen LogP contribution in [0.5, 0.6) is 0 Å². The molecule has 0 aliphatic rings. The predicted octanol–water partition coefficient (Wildman–Crippen LogP) is -0.563. The van der Waals surface area contributed by atoms with E-state index in [-0.39, 0.29) is 11.4 Å². The van der Waals surface area contributed by atoms with Gasteiger partial charge in [0.15, 0.2) is 0 Å². The molecule has 0 rings (SSSR count). The summed E-state index contributed by atoms with van der Waals surface area (Å²) < 4.78 is 0. The molecule has 0 radical (unpaired) electrons. The lowest BCUT2D eigenvalue weighted by Crippen LogP contribution is -2.13. The number of primary amides is 2. The second kappa shape index (κ2) is 4.02. The molecule has 6 heteroatoms. The number of rotatable bonds is 4. The van der Waals surface area contributed by atoms with Crippen LogP contribution in [0.15, 0.2) is 34.8 Å². The van der Waals surface area contributed by atoms with E-state index in [1.807, 2.05) is 0 Å². The zero-order valence-electron chi connectivity index (χ0n) is 6.28. The number of azo groups is 1. The fraction of sp³-hybridized carbons (Fsp3) is 0. The SMILES string of the molecule is C=C(N=NC(=C)C(N)=O)C(N)=O. The van der Waals surface area contributed by atoms with Crippen molar-refractivity contribution in [2.45, 2.75) is 0 Å². The second-order valence-corrected chi connectivity index (χ2v) is 1.82. The smallest absolute Gasteiger partial charge is 0.268 e. The first-order valence-electron chi connectivity index (χ1n) is 2.84. The van der Waals surface area contributed by atoms with E-state index in [1.54, 1.807) is 0 Å². The van der Waals surface area contributed by atoms with Crippen molar-refractivity contribution in [3.05, 3.63) is 24.6 Å². The van der Waals surface area contributed by atoms with Gasteiger partial charge in [0.2, 0.25) is 0 Å². The third kappa shape index (κ3) is 3.25. The van der Waals surface area contributed by atoms with Gasteiger partial charge in [0.1, 0.15) is 11.4 Å². The van der Waals surface area contributed by atoms with E-state index in [0.29, 0.717) is 0 Å². The van der Waals surface area contributed by atoms with Gasteiger partial charge in [-0.05, 0) is 0 Å². The molecule has 12 heavy (non-hydrogen) atoms. The van der Waals surface area contributed by atoms with Crippen LogP contribution >= 0.6 is 0 Å². The van der Waals surface area contributed by atoms with E-state index >= 15 is 0 Å². The van der Waals surface area contributed by atoms with Crippen molar-refractivity contribution in [3.8, 4) is 0 Å². The molecule has 0 atom stereocenters. The number of hydrogen-bond acceptors (Lipinski definition) is 4. The van der Waals surface area contributed by atoms with Crippen molar-refractivity contribution in [3.63, 3.8) is 0 Å². The third-order valence-electron chi connectivity index (χ3n) is 0.860. The summed E-state index contributed by atoms with van der Waals surface area (Å²) in [4.78, 5) is 20.6. The highest BCUT2D eigenvalue weighted by molar-refractivity contribution is 5.92. The number of amides is 2. The van der Waals surface area contributed by atoms with Crippen LogP contribution in [-0.4, -0.2) is 11.8 Å². The Kier molecular flexibility index (Phi) is 3.35. The molecule has 6 nitrogen and oxygen atoms in total. The van der Waals surface area contributed by atoms with Crippen molar-refractivity contribution >= 4 is 11.8 Å². The quantitative estimate of drug-likeness (QED) is 0.433. The van der Waals surface area contributed by atoms with Crippen molar-refractivity contribution in [1.82, 2.24) is 0 Å². The van der Waals surface area contributed by atoms with Crippen molar-refractivity contribution in [1.29, 1.82) is 0 Å². The van der Waals surface area contributed by atoms with E-state index < -0.39 is 11.8 Å². The molecule has 0 saturated carbocycles. The molecule has 0 fully saturated rings. The number of carbonyl (C=O) groups excluding carboxylic acids is 2. The summed E-state index contributed by atoms with van der Waals surface area (Å²) >= 11 is 0. The Bertz CT molecular complexity index is 251. The summed E-state index contributed by atoms with van der Waals surface area (Å²) in [6, 6.07) is 0. The fourth-order valence-electron chi connectivity index (χ4n) is 0.219. The lowest BCUT2D eigenvalue weighted by Gasteiger charge is -1.90. The molecule has 0 aromatic rings. The van der Waals surface area contributed by atoms with Gasteiger partial charge in [-0.15, -0.1) is 10.2 Å². The molecule has 2 amide bonds. The van der Waals surface area contributed by atoms with Crippen LogP contribution in [0.25, 0.3) is 0 Å². The first-order chi connectivity index (χ1) is 5.45. The average Bonchev–Trinajstić information content (AvgIpc) is 1.98.